The molecule has 64 valence electrons. The number of aromatic nitrogens is 1. The third kappa shape index (κ3) is 1.72. The molecule has 0 bridgehead atoms. The van der Waals surface area contributed by atoms with Crippen molar-refractivity contribution >= 4 is 5.97 Å². The minimum atomic E-state index is -1.01. The first kappa shape index (κ1) is 8.52. The van der Waals surface area contributed by atoms with Crippen LogP contribution in [0.1, 0.15) is 5.69 Å². The van der Waals surface area contributed by atoms with Crippen molar-refractivity contribution in [2.75, 3.05) is 0 Å². The van der Waals surface area contributed by atoms with Crippen LogP contribution in [-0.2, 0) is 11.3 Å². The van der Waals surface area contributed by atoms with E-state index in [1.807, 2.05) is 0 Å². The van der Waals surface area contributed by atoms with Crippen LogP contribution in [-0.4, -0.2) is 15.6 Å². The Balaban J connectivity index is 3.13. The Morgan fingerprint density at radius 2 is 2.25 bits per heavy atom. The summed E-state index contributed by atoms with van der Waals surface area (Å²) in [7, 11) is 0. The second-order valence-electron chi connectivity index (χ2n) is 2.49. The number of carboxylic acids is 1. The molecule has 0 fully saturated rings. The molecule has 0 saturated heterocycles. The maximum Gasteiger partial charge on any atom is 0.323 e. The molecule has 0 unspecified atom stereocenters. The van der Waals surface area contributed by atoms with Gasteiger partial charge in [-0.2, -0.15) is 0 Å². The molecule has 1 heterocycles. The van der Waals surface area contributed by atoms with Crippen molar-refractivity contribution in [1.29, 1.82) is 0 Å². The summed E-state index contributed by atoms with van der Waals surface area (Å²) < 4.78 is 1.21. The Labute approximate surface area is 69.1 Å². The fourth-order valence-corrected chi connectivity index (χ4v) is 0.961. The van der Waals surface area contributed by atoms with E-state index in [2.05, 4.69) is 0 Å². The Morgan fingerprint density at radius 1 is 1.58 bits per heavy atom. The van der Waals surface area contributed by atoms with Gasteiger partial charge < -0.3 is 9.67 Å². The molecule has 0 aliphatic carbocycles. The lowest BCUT2D eigenvalue weighted by molar-refractivity contribution is -0.137. The standard InChI is InChI=1S/C8H9NO3/c1-6-3-2-4-7(10)9(6)5-8(11)12/h2-4H,5H2,1H3,(H,11,12). The van der Waals surface area contributed by atoms with Crippen molar-refractivity contribution in [2.45, 2.75) is 13.5 Å². The molecule has 4 nitrogen and oxygen atoms in total. The van der Waals surface area contributed by atoms with Gasteiger partial charge >= 0.3 is 5.97 Å². The van der Waals surface area contributed by atoms with Gasteiger partial charge in [0.1, 0.15) is 6.54 Å². The van der Waals surface area contributed by atoms with E-state index in [1.54, 1.807) is 19.1 Å². The lowest BCUT2D eigenvalue weighted by Gasteiger charge is -2.04. The van der Waals surface area contributed by atoms with E-state index >= 15 is 0 Å². The highest BCUT2D eigenvalue weighted by Gasteiger charge is 2.02. The minimum Gasteiger partial charge on any atom is -0.480 e. The van der Waals surface area contributed by atoms with E-state index < -0.39 is 5.97 Å². The number of rotatable bonds is 2. The predicted molar refractivity (Wildman–Crippen MR) is 43.1 cm³/mol. The quantitative estimate of drug-likeness (QED) is 0.686. The van der Waals surface area contributed by atoms with Crippen molar-refractivity contribution in [3.05, 3.63) is 34.2 Å². The maximum atomic E-state index is 11.1. The van der Waals surface area contributed by atoms with Gasteiger partial charge in [-0.15, -0.1) is 0 Å². The number of aryl methyl sites for hydroxylation is 1. The second kappa shape index (κ2) is 3.21. The van der Waals surface area contributed by atoms with Crippen LogP contribution in [0.3, 0.4) is 0 Å². The van der Waals surface area contributed by atoms with Crippen LogP contribution in [0.25, 0.3) is 0 Å². The fraction of sp³-hybridized carbons (Fsp3) is 0.250. The Kier molecular flexibility index (Phi) is 2.28. The topological polar surface area (TPSA) is 59.3 Å². The summed E-state index contributed by atoms with van der Waals surface area (Å²) in [5, 5.41) is 8.46. The van der Waals surface area contributed by atoms with Crippen LogP contribution >= 0.6 is 0 Å². The largest absolute Gasteiger partial charge is 0.480 e. The highest BCUT2D eigenvalue weighted by Crippen LogP contribution is 1.92. The van der Waals surface area contributed by atoms with E-state index in [4.69, 9.17) is 5.11 Å². The van der Waals surface area contributed by atoms with Gasteiger partial charge in [-0.05, 0) is 13.0 Å². The minimum absolute atomic E-state index is 0.272. The Morgan fingerprint density at radius 3 is 2.75 bits per heavy atom. The SMILES string of the molecule is Cc1cccc(=O)n1CC(=O)O. The molecular weight excluding hydrogens is 158 g/mol. The van der Waals surface area contributed by atoms with Crippen LogP contribution < -0.4 is 5.56 Å². The number of carbonyl (C=O) groups is 1. The molecule has 4 heteroatoms. The smallest absolute Gasteiger partial charge is 0.323 e. The number of hydrogen-bond donors (Lipinski definition) is 1. The van der Waals surface area contributed by atoms with Crippen molar-refractivity contribution < 1.29 is 9.90 Å². The van der Waals surface area contributed by atoms with E-state index in [1.165, 1.54) is 10.6 Å². The summed E-state index contributed by atoms with van der Waals surface area (Å²) in [4.78, 5) is 21.4. The molecular formula is C8H9NO3. The summed E-state index contributed by atoms with van der Waals surface area (Å²) >= 11 is 0. The lowest BCUT2D eigenvalue weighted by atomic mass is 10.3. The number of aliphatic carboxylic acids is 1. The van der Waals surface area contributed by atoms with E-state index in [0.717, 1.165) is 0 Å². The highest BCUT2D eigenvalue weighted by atomic mass is 16.4. The Bertz CT molecular complexity index is 354. The van der Waals surface area contributed by atoms with Gasteiger partial charge in [0.2, 0.25) is 0 Å². The van der Waals surface area contributed by atoms with Crippen molar-refractivity contribution in [2.24, 2.45) is 0 Å². The summed E-state index contributed by atoms with van der Waals surface area (Å²) in [6.45, 7) is 1.43. The second-order valence-corrected chi connectivity index (χ2v) is 2.49. The summed E-state index contributed by atoms with van der Waals surface area (Å²) in [5.74, 6) is -1.01. The molecule has 1 aromatic heterocycles. The average Bonchev–Trinajstić information content (AvgIpc) is 1.97. The summed E-state index contributed by atoms with van der Waals surface area (Å²) in [6.07, 6.45) is 0. The van der Waals surface area contributed by atoms with Gasteiger partial charge in [0.25, 0.3) is 5.56 Å². The van der Waals surface area contributed by atoms with Gasteiger partial charge in [0.05, 0.1) is 0 Å². The first-order valence-corrected chi connectivity index (χ1v) is 3.49. The number of carboxylic acid groups (broad SMARTS) is 1. The molecule has 0 aliphatic rings. The van der Waals surface area contributed by atoms with E-state index in [0.29, 0.717) is 5.69 Å². The molecule has 0 radical (unpaired) electrons. The summed E-state index contributed by atoms with van der Waals surface area (Å²) in [5.41, 5.74) is 0.377. The number of hydrogen-bond acceptors (Lipinski definition) is 2. The number of nitrogens with zero attached hydrogens (tertiary/aromatic N) is 1. The van der Waals surface area contributed by atoms with Crippen molar-refractivity contribution in [3.8, 4) is 0 Å². The van der Waals surface area contributed by atoms with Crippen LogP contribution in [0, 0.1) is 6.92 Å². The van der Waals surface area contributed by atoms with Crippen molar-refractivity contribution in [3.63, 3.8) is 0 Å². The normalized spacial score (nSPS) is 9.75. The highest BCUT2D eigenvalue weighted by molar-refractivity contribution is 5.66. The zero-order chi connectivity index (χ0) is 9.14. The zero-order valence-corrected chi connectivity index (χ0v) is 6.65. The molecule has 1 aromatic rings. The monoisotopic (exact) mass is 167 g/mol. The van der Waals surface area contributed by atoms with Gasteiger partial charge in [-0.3, -0.25) is 9.59 Å². The van der Waals surface area contributed by atoms with E-state index in [-0.39, 0.29) is 12.1 Å². The molecule has 0 aliphatic heterocycles. The third-order valence-electron chi connectivity index (χ3n) is 1.56. The first-order valence-electron chi connectivity index (χ1n) is 3.49. The number of pyridine rings is 1. The maximum absolute atomic E-state index is 11.1. The first-order chi connectivity index (χ1) is 5.61. The molecule has 1 N–H and O–H groups in total. The van der Waals surface area contributed by atoms with Crippen LogP contribution in [0.15, 0.2) is 23.0 Å². The summed E-state index contributed by atoms with van der Waals surface area (Å²) in [6, 6.07) is 4.65. The molecule has 0 amide bonds. The van der Waals surface area contributed by atoms with Gasteiger partial charge in [0.15, 0.2) is 0 Å². The average molecular weight is 167 g/mol. The van der Waals surface area contributed by atoms with Gasteiger partial charge in [-0.25, -0.2) is 0 Å². The zero-order valence-electron chi connectivity index (χ0n) is 6.65. The molecule has 0 saturated carbocycles. The fourth-order valence-electron chi connectivity index (χ4n) is 0.961. The van der Waals surface area contributed by atoms with Gasteiger partial charge in [0, 0.05) is 11.8 Å². The molecule has 12 heavy (non-hydrogen) atoms. The molecule has 0 spiro atoms. The van der Waals surface area contributed by atoms with E-state index in [9.17, 15) is 9.59 Å². The molecule has 1 rings (SSSR count). The molecule has 0 aromatic carbocycles. The van der Waals surface area contributed by atoms with Gasteiger partial charge in [-0.1, -0.05) is 6.07 Å². The van der Waals surface area contributed by atoms with Crippen LogP contribution in [0.5, 0.6) is 0 Å². The van der Waals surface area contributed by atoms with Crippen molar-refractivity contribution in [1.82, 2.24) is 4.57 Å². The molecule has 0 atom stereocenters. The van der Waals surface area contributed by atoms with Crippen LogP contribution in [0.2, 0.25) is 0 Å². The third-order valence-corrected chi connectivity index (χ3v) is 1.56. The van der Waals surface area contributed by atoms with Crippen LogP contribution in [0.4, 0.5) is 0 Å². The predicted octanol–water partition coefficient (Wildman–Crippen LogP) is 0.241. The lowest BCUT2D eigenvalue weighted by Crippen LogP contribution is -2.24. The Hall–Kier alpha value is -1.58.